The number of thiophene rings is 1. The molecule has 35 heavy (non-hydrogen) atoms. The second kappa shape index (κ2) is 9.92. The third kappa shape index (κ3) is 5.25. The summed E-state index contributed by atoms with van der Waals surface area (Å²) >= 11 is 7.47. The summed E-state index contributed by atoms with van der Waals surface area (Å²) in [4.78, 5) is 10.9. The normalized spacial score (nSPS) is 18.5. The first-order valence-electron chi connectivity index (χ1n) is 10.9. The molecule has 1 saturated heterocycles. The molecule has 0 aliphatic carbocycles. The van der Waals surface area contributed by atoms with Gasteiger partial charge < -0.3 is 20.3 Å². The number of halogens is 4. The van der Waals surface area contributed by atoms with Crippen LogP contribution in [0.15, 0.2) is 35.4 Å². The van der Waals surface area contributed by atoms with Gasteiger partial charge in [-0.25, -0.2) is 9.97 Å². The molecule has 1 fully saturated rings. The second-order valence-corrected chi connectivity index (χ2v) is 11.0. The van der Waals surface area contributed by atoms with Crippen LogP contribution in [0, 0.1) is 0 Å². The van der Waals surface area contributed by atoms with Crippen molar-refractivity contribution in [2.75, 3.05) is 48.8 Å². The van der Waals surface area contributed by atoms with Crippen molar-refractivity contribution in [1.29, 1.82) is 0 Å². The van der Waals surface area contributed by atoms with Crippen molar-refractivity contribution < 1.29 is 22.1 Å². The number of hydrogen-bond acceptors (Lipinski definition) is 8. The van der Waals surface area contributed by atoms with Crippen LogP contribution >= 0.6 is 22.9 Å². The van der Waals surface area contributed by atoms with E-state index < -0.39 is 22.5 Å². The average Bonchev–Trinajstić information content (AvgIpc) is 3.19. The molecule has 0 bridgehead atoms. The van der Waals surface area contributed by atoms with Gasteiger partial charge in [-0.15, -0.1) is 0 Å². The molecule has 0 spiro atoms. The van der Waals surface area contributed by atoms with E-state index in [1.807, 2.05) is 12.1 Å². The molecule has 0 saturated carbocycles. The number of alkyl halides is 3. The quantitative estimate of drug-likeness (QED) is 0.483. The Kier molecular flexibility index (Phi) is 6.88. The molecular weight excluding hydrogens is 523 g/mol. The second-order valence-electron chi connectivity index (χ2n) is 7.99. The highest BCUT2D eigenvalue weighted by molar-refractivity contribution is 7.85. The standard InChI is InChI=1S/C22H21ClF3N5O2S2/c23-15-10-13(31-6-4-27-5-7-31)2-3-16(15)29-21-28-12-14(22(24,25)26)19(30-21)17-11-18-20(34-17)33-8-1-9-35(18)32/h2-3,10-12,27H,1,4-9H2,(H,28,29,30). The molecule has 1 unspecified atom stereocenters. The van der Waals surface area contributed by atoms with Crippen LogP contribution in [0.5, 0.6) is 5.06 Å². The van der Waals surface area contributed by atoms with Crippen molar-refractivity contribution in [2.45, 2.75) is 17.5 Å². The van der Waals surface area contributed by atoms with Gasteiger partial charge in [-0.05, 0) is 30.7 Å². The predicted molar refractivity (Wildman–Crippen MR) is 132 cm³/mol. The van der Waals surface area contributed by atoms with Crippen LogP contribution in [-0.2, 0) is 17.0 Å². The maximum Gasteiger partial charge on any atom is 0.420 e. The lowest BCUT2D eigenvalue weighted by atomic mass is 10.2. The molecule has 186 valence electrons. The zero-order chi connectivity index (χ0) is 24.6. The van der Waals surface area contributed by atoms with Gasteiger partial charge in [0.2, 0.25) is 5.95 Å². The summed E-state index contributed by atoms with van der Waals surface area (Å²) in [5.74, 6) is 0.365. The van der Waals surface area contributed by atoms with Gasteiger partial charge in [0, 0.05) is 43.8 Å². The highest BCUT2D eigenvalue weighted by Gasteiger charge is 2.36. The third-order valence-corrected chi connectivity index (χ3v) is 8.58. The summed E-state index contributed by atoms with van der Waals surface area (Å²) in [5.41, 5.74) is 0.152. The van der Waals surface area contributed by atoms with E-state index >= 15 is 0 Å². The van der Waals surface area contributed by atoms with Crippen molar-refractivity contribution in [1.82, 2.24) is 15.3 Å². The third-order valence-electron chi connectivity index (χ3n) is 5.63. The first kappa shape index (κ1) is 24.3. The van der Waals surface area contributed by atoms with E-state index in [-0.39, 0.29) is 16.5 Å². The van der Waals surface area contributed by atoms with E-state index in [4.69, 9.17) is 16.3 Å². The first-order valence-corrected chi connectivity index (χ1v) is 13.4. The van der Waals surface area contributed by atoms with E-state index in [2.05, 4.69) is 25.5 Å². The van der Waals surface area contributed by atoms with Gasteiger partial charge in [0.15, 0.2) is 5.06 Å². The maximum atomic E-state index is 13.8. The van der Waals surface area contributed by atoms with Crippen molar-refractivity contribution in [3.8, 4) is 15.6 Å². The molecule has 1 atom stereocenters. The Labute approximate surface area is 211 Å². The minimum Gasteiger partial charge on any atom is -0.483 e. The minimum absolute atomic E-state index is 0.0320. The van der Waals surface area contributed by atoms with Gasteiger partial charge in [-0.1, -0.05) is 22.9 Å². The number of aromatic nitrogens is 2. The van der Waals surface area contributed by atoms with Crippen LogP contribution in [0.2, 0.25) is 5.02 Å². The van der Waals surface area contributed by atoms with Crippen molar-refractivity contribution >= 4 is 51.1 Å². The molecule has 4 heterocycles. The highest BCUT2D eigenvalue weighted by Crippen LogP contribution is 2.44. The number of anilines is 3. The monoisotopic (exact) mass is 543 g/mol. The topological polar surface area (TPSA) is 79.4 Å². The fraction of sp³-hybridized carbons (Fsp3) is 0.364. The van der Waals surface area contributed by atoms with Gasteiger partial charge in [-0.3, -0.25) is 4.21 Å². The molecule has 2 aliphatic rings. The van der Waals surface area contributed by atoms with E-state index in [9.17, 15) is 17.4 Å². The number of ether oxygens (including phenoxy) is 1. The predicted octanol–water partition coefficient (Wildman–Crippen LogP) is 4.92. The van der Waals surface area contributed by atoms with Crippen LogP contribution in [0.4, 0.5) is 30.5 Å². The Hall–Kier alpha value is -2.41. The fourth-order valence-electron chi connectivity index (χ4n) is 3.88. The van der Waals surface area contributed by atoms with E-state index in [1.54, 1.807) is 6.07 Å². The molecule has 2 N–H and O–H groups in total. The Morgan fingerprint density at radius 3 is 2.77 bits per heavy atom. The zero-order valence-electron chi connectivity index (χ0n) is 18.3. The molecular formula is C22H21ClF3N5O2S2. The summed E-state index contributed by atoms with van der Waals surface area (Å²) in [7, 11) is -1.34. The Morgan fingerprint density at radius 2 is 2.03 bits per heavy atom. The lowest BCUT2D eigenvalue weighted by molar-refractivity contribution is -0.137. The van der Waals surface area contributed by atoms with E-state index in [0.29, 0.717) is 39.4 Å². The summed E-state index contributed by atoms with van der Waals surface area (Å²) in [6, 6.07) is 6.93. The van der Waals surface area contributed by atoms with Crippen LogP contribution in [0.3, 0.4) is 0 Å². The number of rotatable bonds is 4. The van der Waals surface area contributed by atoms with Gasteiger partial charge in [-0.2, -0.15) is 13.2 Å². The van der Waals surface area contributed by atoms with Crippen LogP contribution in [0.25, 0.3) is 10.6 Å². The molecule has 2 aromatic heterocycles. The molecule has 0 amide bonds. The molecule has 5 rings (SSSR count). The maximum absolute atomic E-state index is 13.8. The smallest absolute Gasteiger partial charge is 0.420 e. The van der Waals surface area contributed by atoms with E-state index in [1.165, 1.54) is 6.07 Å². The summed E-state index contributed by atoms with van der Waals surface area (Å²) in [5, 5.41) is 6.99. The van der Waals surface area contributed by atoms with Crippen LogP contribution in [-0.4, -0.2) is 52.7 Å². The lowest BCUT2D eigenvalue weighted by Gasteiger charge is -2.29. The minimum atomic E-state index is -4.67. The van der Waals surface area contributed by atoms with Crippen molar-refractivity contribution in [2.24, 2.45) is 0 Å². The van der Waals surface area contributed by atoms with Gasteiger partial charge in [0.1, 0.15) is 5.56 Å². The van der Waals surface area contributed by atoms with Crippen molar-refractivity contribution in [3.05, 3.63) is 41.0 Å². The first-order chi connectivity index (χ1) is 16.8. The molecule has 2 aliphatic heterocycles. The van der Waals surface area contributed by atoms with Crippen molar-refractivity contribution in [3.63, 3.8) is 0 Å². The Morgan fingerprint density at radius 1 is 1.23 bits per heavy atom. The van der Waals surface area contributed by atoms with Gasteiger partial charge >= 0.3 is 6.18 Å². The fourth-order valence-corrected chi connectivity index (χ4v) is 6.61. The molecule has 3 aromatic rings. The Bertz CT molecular complexity index is 1260. The molecule has 1 aromatic carbocycles. The molecule has 7 nitrogen and oxygen atoms in total. The average molecular weight is 544 g/mol. The highest BCUT2D eigenvalue weighted by atomic mass is 35.5. The Balaban J connectivity index is 1.47. The number of nitrogens with one attached hydrogen (secondary N) is 2. The van der Waals surface area contributed by atoms with E-state index in [0.717, 1.165) is 49.4 Å². The number of hydrogen-bond donors (Lipinski definition) is 2. The largest absolute Gasteiger partial charge is 0.483 e. The number of fused-ring (bicyclic) bond motifs is 1. The molecule has 13 heteroatoms. The lowest BCUT2D eigenvalue weighted by Crippen LogP contribution is -2.43. The summed E-state index contributed by atoms with van der Waals surface area (Å²) in [6.45, 7) is 3.83. The SMILES string of the molecule is O=S1CCCOc2sc(-c3nc(Nc4ccc(N5CCNCC5)cc4Cl)ncc3C(F)(F)F)cc21. The van der Waals surface area contributed by atoms with Gasteiger partial charge in [0.25, 0.3) is 0 Å². The summed E-state index contributed by atoms with van der Waals surface area (Å²) in [6.07, 6.45) is -3.30. The van der Waals surface area contributed by atoms with Crippen LogP contribution < -0.4 is 20.3 Å². The number of nitrogens with zero attached hydrogens (tertiary/aromatic N) is 3. The molecule has 0 radical (unpaired) electrons. The zero-order valence-corrected chi connectivity index (χ0v) is 20.7. The summed E-state index contributed by atoms with van der Waals surface area (Å²) < 4.78 is 59.4. The number of benzene rings is 1. The van der Waals surface area contributed by atoms with Crippen LogP contribution in [0.1, 0.15) is 12.0 Å². The van der Waals surface area contributed by atoms with Gasteiger partial charge in [0.05, 0.1) is 43.6 Å². The number of piperazine rings is 1.